The summed E-state index contributed by atoms with van der Waals surface area (Å²) in [6.45, 7) is 3.46. The van der Waals surface area contributed by atoms with Gasteiger partial charge in [-0.2, -0.15) is 0 Å². The first-order valence-electron chi connectivity index (χ1n) is 1.26. The van der Waals surface area contributed by atoms with Gasteiger partial charge in [0.25, 0.3) is 0 Å². The molecule has 0 saturated heterocycles. The van der Waals surface area contributed by atoms with Crippen molar-refractivity contribution in [2.75, 3.05) is 0 Å². The Balaban J connectivity index is 2.92. The zero-order chi connectivity index (χ0) is 4.12. The summed E-state index contributed by atoms with van der Waals surface area (Å²) in [5.41, 5.74) is 0. The molecule has 0 spiro atoms. The summed E-state index contributed by atoms with van der Waals surface area (Å²) in [6.07, 6.45) is 3.62. The van der Waals surface area contributed by atoms with Gasteiger partial charge in [-0.3, -0.25) is 0 Å². The zero-order valence-electron chi connectivity index (χ0n) is 2.76. The molecule has 0 bridgehead atoms. The van der Waals surface area contributed by atoms with E-state index in [-0.39, 0.29) is 0 Å². The van der Waals surface area contributed by atoms with Gasteiger partial charge in [0.15, 0.2) is 0 Å². The van der Waals surface area contributed by atoms with Crippen molar-refractivity contribution in [3.8, 4) is 0 Å². The summed E-state index contributed by atoms with van der Waals surface area (Å²) < 4.78 is 1.91. The van der Waals surface area contributed by atoms with Crippen LogP contribution in [0.2, 0.25) is 0 Å². The molecule has 0 aliphatic heterocycles. The molecule has 0 aliphatic rings. The fourth-order valence-electron chi connectivity index (χ4n) is 0.0430. The fraction of sp³-hybridized carbons (Fsp3) is 0. The molecule has 0 nitrogen and oxygen atoms in total. The van der Waals surface area contributed by atoms with Crippen LogP contribution in [-0.4, -0.2) is 0 Å². The van der Waals surface area contributed by atoms with Crippen molar-refractivity contribution in [2.45, 2.75) is 0 Å². The van der Waals surface area contributed by atoms with Crippen LogP contribution in [-0.2, 0) is 19.8 Å². The van der Waals surface area contributed by atoms with Crippen LogP contribution in [0.1, 0.15) is 0 Å². The summed E-state index contributed by atoms with van der Waals surface area (Å²) >= 11 is 2.12. The molecule has 0 radical (unpaired) electrons. The van der Waals surface area contributed by atoms with E-state index in [1.807, 2.05) is 10.5 Å². The topological polar surface area (TPSA) is 0 Å². The first-order valence-corrected chi connectivity index (χ1v) is 2.57. The van der Waals surface area contributed by atoms with Crippen LogP contribution in [0.4, 0.5) is 0 Å². The summed E-state index contributed by atoms with van der Waals surface area (Å²) in [6, 6.07) is 0. The number of allylic oxidation sites excluding steroid dienone is 2. The van der Waals surface area contributed by atoms with Gasteiger partial charge in [0.1, 0.15) is 0 Å². The molecule has 0 N–H and O–H groups in total. The first-order chi connectivity index (χ1) is 2.41. The van der Waals surface area contributed by atoms with Gasteiger partial charge in [0, 0.05) is 0 Å². The molecule has 0 saturated carbocycles. The second-order valence-electron chi connectivity index (χ2n) is 0.534. The summed E-state index contributed by atoms with van der Waals surface area (Å²) in [5.74, 6) is 0. The molecule has 0 aromatic carbocycles. The van der Waals surface area contributed by atoms with E-state index in [0.29, 0.717) is 0 Å². The van der Waals surface area contributed by atoms with E-state index >= 15 is 0 Å². The summed E-state index contributed by atoms with van der Waals surface area (Å²) in [5, 5.41) is 0. The van der Waals surface area contributed by atoms with Gasteiger partial charge in [-0.15, -0.1) is 0 Å². The van der Waals surface area contributed by atoms with Gasteiger partial charge in [0.2, 0.25) is 0 Å². The maximum absolute atomic E-state index is 3.46. The molecule has 0 unspecified atom stereocenters. The molecule has 0 aromatic rings. The van der Waals surface area contributed by atoms with Crippen molar-refractivity contribution in [3.63, 3.8) is 0 Å². The van der Waals surface area contributed by atoms with Crippen LogP contribution in [0.5, 0.6) is 0 Å². The SMILES string of the molecule is C=CC=[CH][Pt]. The van der Waals surface area contributed by atoms with Crippen LogP contribution < -0.4 is 0 Å². The Morgan fingerprint density at radius 2 is 2.20 bits per heavy atom. The van der Waals surface area contributed by atoms with E-state index in [1.54, 1.807) is 6.08 Å². The molecule has 0 rings (SSSR count). The van der Waals surface area contributed by atoms with Gasteiger partial charge in [-0.25, -0.2) is 0 Å². The van der Waals surface area contributed by atoms with Crippen molar-refractivity contribution >= 4 is 0 Å². The molecule has 1 heteroatoms. The molecular weight excluding hydrogens is 243 g/mol. The normalized spacial score (nSPS) is 9.20. The summed E-state index contributed by atoms with van der Waals surface area (Å²) in [7, 11) is 0. The van der Waals surface area contributed by atoms with Crippen molar-refractivity contribution in [1.29, 1.82) is 0 Å². The van der Waals surface area contributed by atoms with Crippen LogP contribution in [0.25, 0.3) is 0 Å². The fourth-order valence-corrected chi connectivity index (χ4v) is 0.352. The van der Waals surface area contributed by atoms with E-state index in [4.69, 9.17) is 0 Å². The molecule has 0 aliphatic carbocycles. The Labute approximate surface area is 43.5 Å². The first kappa shape index (κ1) is 5.17. The summed E-state index contributed by atoms with van der Waals surface area (Å²) in [4.78, 5) is 0. The predicted octanol–water partition coefficient (Wildman–Crippen LogP) is 1.23. The monoisotopic (exact) mass is 248 g/mol. The average molecular weight is 248 g/mol. The van der Waals surface area contributed by atoms with E-state index in [9.17, 15) is 0 Å². The minimum absolute atomic E-state index is 1.74. The zero-order valence-corrected chi connectivity index (χ0v) is 5.03. The third kappa shape index (κ3) is 4.17. The van der Waals surface area contributed by atoms with Gasteiger partial charge in [0.05, 0.1) is 0 Å². The number of hydrogen-bond acceptors (Lipinski definition) is 0. The van der Waals surface area contributed by atoms with E-state index < -0.39 is 0 Å². The molecule has 31 valence electrons. The Kier molecular flexibility index (Phi) is 4.31. The maximum atomic E-state index is 3.46. The molecule has 0 heterocycles. The standard InChI is InChI=1S/C4H5.Pt/c1-3-4-2;/h1,3-4H,2H2;. The van der Waals surface area contributed by atoms with E-state index in [1.165, 1.54) is 0 Å². The average Bonchev–Trinajstić information content (AvgIpc) is 1.41. The Hall–Kier alpha value is 0.168. The van der Waals surface area contributed by atoms with Crippen molar-refractivity contribution in [1.82, 2.24) is 0 Å². The van der Waals surface area contributed by atoms with E-state index in [2.05, 4.69) is 26.4 Å². The Morgan fingerprint density at radius 1 is 1.60 bits per heavy atom. The third-order valence-electron chi connectivity index (χ3n) is 0.197. The van der Waals surface area contributed by atoms with Crippen LogP contribution in [0.3, 0.4) is 0 Å². The second kappa shape index (κ2) is 4.17. The van der Waals surface area contributed by atoms with Crippen LogP contribution >= 0.6 is 0 Å². The van der Waals surface area contributed by atoms with Crippen LogP contribution in [0.15, 0.2) is 23.2 Å². The molecule has 0 atom stereocenters. The third-order valence-corrected chi connectivity index (χ3v) is 0.634. The molecule has 0 fully saturated rings. The molecular formula is C4H5Pt. The molecule has 0 aromatic heterocycles. The Morgan fingerprint density at radius 3 is 2.20 bits per heavy atom. The second-order valence-corrected chi connectivity index (χ2v) is 1.29. The van der Waals surface area contributed by atoms with Crippen molar-refractivity contribution < 1.29 is 19.8 Å². The molecule has 5 heavy (non-hydrogen) atoms. The van der Waals surface area contributed by atoms with Crippen molar-refractivity contribution in [2.24, 2.45) is 0 Å². The minimum atomic E-state index is 1.74. The number of hydrogen-bond donors (Lipinski definition) is 0. The van der Waals surface area contributed by atoms with Gasteiger partial charge < -0.3 is 0 Å². The van der Waals surface area contributed by atoms with E-state index in [0.717, 1.165) is 0 Å². The van der Waals surface area contributed by atoms with Gasteiger partial charge >= 0.3 is 43.0 Å². The van der Waals surface area contributed by atoms with Gasteiger partial charge in [-0.1, -0.05) is 0 Å². The predicted molar refractivity (Wildman–Crippen MR) is 19.3 cm³/mol. The Bertz CT molecular complexity index is 45.6. The quantitative estimate of drug-likeness (QED) is 0.612. The molecule has 0 amide bonds. The van der Waals surface area contributed by atoms with Crippen molar-refractivity contribution in [3.05, 3.63) is 23.2 Å². The van der Waals surface area contributed by atoms with Crippen LogP contribution in [0, 0.1) is 0 Å². The van der Waals surface area contributed by atoms with Gasteiger partial charge in [-0.05, 0) is 0 Å². The number of rotatable bonds is 1.